The zero-order chi connectivity index (χ0) is 38.5. The molecule has 0 bridgehead atoms. The quantitative estimate of drug-likeness (QED) is 0.0388. The lowest BCUT2D eigenvalue weighted by Crippen LogP contribution is -2.42. The highest BCUT2D eigenvalue weighted by atomic mass is 16.4. The number of anilines is 1. The number of nitrogens with one attached hydrogen (secondary N) is 2. The molecule has 0 aliphatic rings. The number of carbonyl (C=O) groups is 3. The van der Waals surface area contributed by atoms with Gasteiger partial charge in [-0.25, -0.2) is 9.78 Å². The Balaban J connectivity index is 1.72. The normalized spacial score (nSPS) is 12.5. The van der Waals surface area contributed by atoms with Crippen LogP contribution in [0.1, 0.15) is 79.7 Å². The number of rotatable bonds is 22. The number of fused-ring (bicyclic) bond motifs is 1. The van der Waals surface area contributed by atoms with Crippen molar-refractivity contribution in [1.82, 2.24) is 29.3 Å². The molecule has 286 valence electrons. The number of nitrogens with zero attached hydrogens (tertiary/aromatic N) is 4. The van der Waals surface area contributed by atoms with Crippen LogP contribution in [0.5, 0.6) is 0 Å². The van der Waals surface area contributed by atoms with Gasteiger partial charge in [0.25, 0.3) is 5.56 Å². The third-order valence-electron chi connectivity index (χ3n) is 9.16. The number of carbonyl (C=O) groups excluding carboxylic acids is 2. The Morgan fingerprint density at radius 1 is 0.943 bits per heavy atom. The molecule has 15 nitrogen and oxygen atoms in total. The van der Waals surface area contributed by atoms with Gasteiger partial charge in [0.15, 0.2) is 16.9 Å². The number of aryl methyl sites for hydroxylation is 2. The van der Waals surface area contributed by atoms with Crippen molar-refractivity contribution < 1.29 is 24.6 Å². The number of aromatic nitrogens is 4. The van der Waals surface area contributed by atoms with Crippen LogP contribution in [0, 0.1) is 0 Å². The summed E-state index contributed by atoms with van der Waals surface area (Å²) in [5, 5.41) is 25.3. The number of nitrogens with two attached hydrogens (primary N) is 2. The first-order valence-corrected chi connectivity index (χ1v) is 18.3. The maximum Gasteiger partial charge on any atom is 0.332 e. The van der Waals surface area contributed by atoms with Crippen molar-refractivity contribution in [3.05, 3.63) is 91.9 Å². The fraction of sp³-hybridized carbons (Fsp3) is 0.474. The van der Waals surface area contributed by atoms with Crippen LogP contribution in [0.4, 0.5) is 5.69 Å². The summed E-state index contributed by atoms with van der Waals surface area (Å²) in [4.78, 5) is 70.7. The number of carboxylic acid groups (broad SMARTS) is 1. The fourth-order valence-electron chi connectivity index (χ4n) is 6.26. The molecule has 8 N–H and O–H groups in total. The summed E-state index contributed by atoms with van der Waals surface area (Å²) < 4.78 is 4.53. The van der Waals surface area contributed by atoms with Crippen molar-refractivity contribution in [2.45, 2.75) is 97.0 Å². The number of amides is 1. The lowest BCUT2D eigenvalue weighted by atomic mass is 9.96. The molecule has 2 unspecified atom stereocenters. The van der Waals surface area contributed by atoms with Crippen LogP contribution >= 0.6 is 0 Å². The maximum atomic E-state index is 14.0. The Morgan fingerprint density at radius 2 is 1.70 bits per heavy atom. The molecule has 0 fully saturated rings. The van der Waals surface area contributed by atoms with E-state index < -0.39 is 47.5 Å². The van der Waals surface area contributed by atoms with E-state index in [2.05, 4.69) is 10.6 Å². The third-order valence-corrected chi connectivity index (χ3v) is 9.16. The molecule has 0 aliphatic carbocycles. The summed E-state index contributed by atoms with van der Waals surface area (Å²) in [6.07, 6.45) is 1.82. The Kier molecular flexibility index (Phi) is 15.1. The van der Waals surface area contributed by atoms with E-state index in [9.17, 15) is 34.2 Å². The summed E-state index contributed by atoms with van der Waals surface area (Å²) in [5.41, 5.74) is 13.3. The molecular formula is C38H52N8O7. The predicted molar refractivity (Wildman–Crippen MR) is 203 cm³/mol. The highest BCUT2D eigenvalue weighted by molar-refractivity contribution is 6.07. The van der Waals surface area contributed by atoms with Crippen LogP contribution in [0.25, 0.3) is 11.2 Å². The van der Waals surface area contributed by atoms with E-state index in [1.54, 1.807) is 12.1 Å². The van der Waals surface area contributed by atoms with Gasteiger partial charge in [0.1, 0.15) is 11.9 Å². The number of hydrogen-bond acceptors (Lipinski definition) is 10. The number of para-hydroxylation sites is 1. The van der Waals surface area contributed by atoms with Crippen molar-refractivity contribution in [2.24, 2.45) is 5.73 Å². The number of aliphatic carboxylic acids is 1. The standard InChI is InChI=1S/C38H52N8O7/c1-3-19-46-37(52)34-36(43-30(22-25-11-6-5-7-12-25)44(34)21-18-41-24-27(47)4-2)45(38(46)53)20-16-26-13-10-14-28(33(26)40)35(51)29(23-32(49)50)42-31(48)15-8-9-17-39/h5-7,10-14,27,29,41,47H,3-4,8-9,15-24,39-40H2,1-2H3,(H,42,48)(H,49,50). The van der Waals surface area contributed by atoms with Crippen LogP contribution in [0.2, 0.25) is 0 Å². The number of carboxylic acids is 1. The summed E-state index contributed by atoms with van der Waals surface area (Å²) in [5.74, 6) is -1.75. The lowest BCUT2D eigenvalue weighted by molar-refractivity contribution is -0.137. The first kappa shape index (κ1) is 40.6. The second-order valence-electron chi connectivity index (χ2n) is 13.1. The van der Waals surface area contributed by atoms with Crippen LogP contribution < -0.4 is 33.3 Å². The van der Waals surface area contributed by atoms with E-state index in [0.29, 0.717) is 69.7 Å². The van der Waals surface area contributed by atoms with Gasteiger partial charge in [-0.1, -0.05) is 56.3 Å². The SMILES string of the molecule is CCCn1c(=O)c2c(nc(Cc3ccccc3)n2CCNCC(O)CC)n(CCc2cccc(C(=O)C(CC(=O)O)NC(=O)CCCCN)c2N)c1=O. The lowest BCUT2D eigenvalue weighted by Gasteiger charge is -2.18. The zero-order valence-electron chi connectivity index (χ0n) is 30.6. The van der Waals surface area contributed by atoms with Gasteiger partial charge < -0.3 is 36.9 Å². The molecule has 4 aromatic rings. The van der Waals surface area contributed by atoms with E-state index in [1.807, 2.05) is 48.7 Å². The molecular weight excluding hydrogens is 680 g/mol. The van der Waals surface area contributed by atoms with Gasteiger partial charge in [-0.3, -0.25) is 28.3 Å². The van der Waals surface area contributed by atoms with Crippen LogP contribution in [-0.2, 0) is 42.1 Å². The van der Waals surface area contributed by atoms with E-state index in [-0.39, 0.29) is 48.3 Å². The number of aliphatic hydroxyl groups is 1. The Morgan fingerprint density at radius 3 is 2.38 bits per heavy atom. The van der Waals surface area contributed by atoms with Crippen molar-refractivity contribution in [3.8, 4) is 0 Å². The van der Waals surface area contributed by atoms with Crippen LogP contribution in [0.3, 0.4) is 0 Å². The van der Waals surface area contributed by atoms with Crippen LogP contribution in [0.15, 0.2) is 58.1 Å². The van der Waals surface area contributed by atoms with Gasteiger partial charge in [0.2, 0.25) is 5.91 Å². The fourth-order valence-corrected chi connectivity index (χ4v) is 6.26. The number of aliphatic hydroxyl groups excluding tert-OH is 1. The molecule has 2 atom stereocenters. The number of benzene rings is 2. The van der Waals surface area contributed by atoms with Gasteiger partial charge >= 0.3 is 11.7 Å². The molecule has 1 amide bonds. The van der Waals surface area contributed by atoms with E-state index in [0.717, 1.165) is 5.56 Å². The second-order valence-corrected chi connectivity index (χ2v) is 13.1. The van der Waals surface area contributed by atoms with Gasteiger partial charge in [-0.05, 0) is 55.8 Å². The second kappa shape index (κ2) is 19.6. The molecule has 0 radical (unpaired) electrons. The number of nitrogen functional groups attached to an aromatic ring is 1. The van der Waals surface area contributed by atoms with Crippen molar-refractivity contribution in [1.29, 1.82) is 0 Å². The summed E-state index contributed by atoms with van der Waals surface area (Å²) in [6.45, 7) is 5.66. The highest BCUT2D eigenvalue weighted by Crippen LogP contribution is 2.22. The van der Waals surface area contributed by atoms with Crippen molar-refractivity contribution in [2.75, 3.05) is 25.4 Å². The van der Waals surface area contributed by atoms with Gasteiger partial charge in [-0.15, -0.1) is 0 Å². The Bertz CT molecular complexity index is 1990. The minimum absolute atomic E-state index is 0.0552. The number of imidazole rings is 1. The largest absolute Gasteiger partial charge is 0.481 e. The first-order valence-electron chi connectivity index (χ1n) is 18.3. The summed E-state index contributed by atoms with van der Waals surface area (Å²) in [6, 6.07) is 13.2. The Labute approximate surface area is 308 Å². The smallest absolute Gasteiger partial charge is 0.332 e. The number of Topliss-reactive ketones (excluding diaryl/α,β-unsaturated/α-hetero) is 1. The van der Waals surface area contributed by atoms with Crippen molar-refractivity contribution in [3.63, 3.8) is 0 Å². The monoisotopic (exact) mass is 732 g/mol. The highest BCUT2D eigenvalue weighted by Gasteiger charge is 2.27. The molecule has 0 aliphatic heterocycles. The predicted octanol–water partition coefficient (Wildman–Crippen LogP) is 1.82. The summed E-state index contributed by atoms with van der Waals surface area (Å²) >= 11 is 0. The van der Waals surface area contributed by atoms with Gasteiger partial charge in [0, 0.05) is 56.8 Å². The number of unbranched alkanes of at least 4 members (excludes halogenated alkanes) is 1. The van der Waals surface area contributed by atoms with E-state index in [4.69, 9.17) is 16.5 Å². The molecule has 53 heavy (non-hydrogen) atoms. The van der Waals surface area contributed by atoms with E-state index >= 15 is 0 Å². The minimum atomic E-state index is -1.33. The molecule has 0 saturated heterocycles. The molecule has 2 heterocycles. The average molecular weight is 733 g/mol. The van der Waals surface area contributed by atoms with Crippen LogP contribution in [-0.4, -0.2) is 78.3 Å². The first-order chi connectivity index (χ1) is 25.5. The van der Waals surface area contributed by atoms with Crippen molar-refractivity contribution >= 4 is 34.5 Å². The topological polar surface area (TPSA) is 230 Å². The van der Waals surface area contributed by atoms with E-state index in [1.165, 1.54) is 15.2 Å². The molecule has 4 rings (SSSR count). The molecule has 2 aromatic heterocycles. The molecule has 15 heteroatoms. The summed E-state index contributed by atoms with van der Waals surface area (Å²) in [7, 11) is 0. The average Bonchev–Trinajstić information content (AvgIpc) is 3.49. The van der Waals surface area contributed by atoms with Gasteiger partial charge in [-0.2, -0.15) is 0 Å². The number of hydrogen-bond donors (Lipinski definition) is 6. The minimum Gasteiger partial charge on any atom is -0.481 e. The molecule has 0 spiro atoms. The Hall–Kier alpha value is -5.12. The third kappa shape index (κ3) is 10.5. The maximum absolute atomic E-state index is 14.0. The molecule has 0 saturated carbocycles. The molecule has 2 aromatic carbocycles. The zero-order valence-corrected chi connectivity index (χ0v) is 30.6. The van der Waals surface area contributed by atoms with Gasteiger partial charge in [0.05, 0.1) is 12.5 Å². The number of ketones is 1.